The van der Waals surface area contributed by atoms with Crippen LogP contribution >= 0.6 is 0 Å². The summed E-state index contributed by atoms with van der Waals surface area (Å²) in [4.78, 5) is 0.398. The van der Waals surface area contributed by atoms with E-state index in [9.17, 15) is 8.42 Å². The first-order valence-electron chi connectivity index (χ1n) is 9.58. The second-order valence-corrected chi connectivity index (χ2v) is 10.8. The predicted molar refractivity (Wildman–Crippen MR) is 110 cm³/mol. The van der Waals surface area contributed by atoms with Crippen LogP contribution in [0.25, 0.3) is 0 Å². The largest absolute Gasteiger partial charge is 0.320 e. The zero-order valence-corrected chi connectivity index (χ0v) is 17.7. The summed E-state index contributed by atoms with van der Waals surface area (Å²) in [5.41, 5.74) is 2.46. The van der Waals surface area contributed by atoms with Crippen molar-refractivity contribution < 1.29 is 12.9 Å². The van der Waals surface area contributed by atoms with Crippen molar-refractivity contribution in [2.45, 2.75) is 37.6 Å². The van der Waals surface area contributed by atoms with Crippen molar-refractivity contribution >= 4 is 10.0 Å². The normalized spacial score (nSPS) is 18.4. The second kappa shape index (κ2) is 7.38. The van der Waals surface area contributed by atoms with Gasteiger partial charge in [0.15, 0.2) is 0 Å². The molecule has 4 nitrogen and oxygen atoms in total. The topological polar surface area (TPSA) is 37.4 Å². The van der Waals surface area contributed by atoms with Crippen molar-refractivity contribution in [3.05, 3.63) is 65.7 Å². The maximum atomic E-state index is 13.0. The van der Waals surface area contributed by atoms with Crippen LogP contribution in [0.1, 0.15) is 31.9 Å². The van der Waals surface area contributed by atoms with Crippen molar-refractivity contribution in [1.29, 1.82) is 0 Å². The van der Waals surface area contributed by atoms with Gasteiger partial charge in [-0.1, -0.05) is 63.2 Å². The third kappa shape index (κ3) is 4.60. The monoisotopic (exact) mass is 387 g/mol. The molecular weight excluding hydrogens is 356 g/mol. The fraction of sp³-hybridized carbons (Fsp3) is 0.455. The molecule has 0 N–H and O–H groups in total. The van der Waals surface area contributed by atoms with Crippen LogP contribution in [-0.4, -0.2) is 50.4 Å². The molecule has 1 aliphatic rings. The number of likely N-dealkylation sites (N-methyl/N-ethyl adjacent to an activating group) is 1. The Labute approximate surface area is 164 Å². The summed E-state index contributed by atoms with van der Waals surface area (Å²) >= 11 is 0. The number of hydrogen-bond acceptors (Lipinski definition) is 2. The van der Waals surface area contributed by atoms with Crippen molar-refractivity contribution in [1.82, 2.24) is 4.31 Å². The summed E-state index contributed by atoms with van der Waals surface area (Å²) in [5.74, 6) is 0. The number of hydrogen-bond donors (Lipinski definition) is 0. The molecular formula is C22H31N2O2S+. The molecule has 146 valence electrons. The highest BCUT2D eigenvalue weighted by Crippen LogP contribution is 2.26. The molecule has 0 radical (unpaired) electrons. The second-order valence-electron chi connectivity index (χ2n) is 8.89. The van der Waals surface area contributed by atoms with Crippen molar-refractivity contribution in [2.75, 3.05) is 33.2 Å². The van der Waals surface area contributed by atoms with Gasteiger partial charge in [-0.15, -0.1) is 0 Å². The highest BCUT2D eigenvalue weighted by Gasteiger charge is 2.35. The fourth-order valence-electron chi connectivity index (χ4n) is 3.63. The van der Waals surface area contributed by atoms with Gasteiger partial charge in [0, 0.05) is 5.56 Å². The highest BCUT2D eigenvalue weighted by molar-refractivity contribution is 7.89. The van der Waals surface area contributed by atoms with Crippen molar-refractivity contribution in [2.24, 2.45) is 0 Å². The predicted octanol–water partition coefficient (Wildman–Crippen LogP) is 3.64. The zero-order valence-electron chi connectivity index (χ0n) is 16.9. The maximum Gasteiger partial charge on any atom is 0.243 e. The van der Waals surface area contributed by atoms with E-state index in [1.54, 1.807) is 16.4 Å². The van der Waals surface area contributed by atoms with Gasteiger partial charge in [0.1, 0.15) is 6.54 Å². The fourth-order valence-corrected chi connectivity index (χ4v) is 5.05. The standard InChI is InChI=1S/C22H31N2O2S/c1-22(2,3)20-10-12-21(13-11-20)27(25,26)23-14-16-24(4,17-15-23)18-19-8-6-5-7-9-19/h5-13H,14-18H2,1-4H3/q+1. The van der Waals surface area contributed by atoms with Gasteiger partial charge in [-0.2, -0.15) is 4.31 Å². The van der Waals surface area contributed by atoms with Gasteiger partial charge >= 0.3 is 0 Å². The summed E-state index contributed by atoms with van der Waals surface area (Å²) in [6.45, 7) is 10.1. The molecule has 0 spiro atoms. The number of benzene rings is 2. The van der Waals surface area contributed by atoms with Crippen LogP contribution in [0.3, 0.4) is 0 Å². The van der Waals surface area contributed by atoms with Gasteiger partial charge in [0.2, 0.25) is 10.0 Å². The molecule has 1 heterocycles. The Hall–Kier alpha value is -1.69. The van der Waals surface area contributed by atoms with Gasteiger partial charge in [-0.05, 0) is 23.1 Å². The molecule has 2 aromatic rings. The average Bonchev–Trinajstić information content (AvgIpc) is 2.62. The number of sulfonamides is 1. The van der Waals surface area contributed by atoms with E-state index >= 15 is 0 Å². The van der Waals surface area contributed by atoms with E-state index in [1.807, 2.05) is 18.2 Å². The van der Waals surface area contributed by atoms with E-state index in [2.05, 4.69) is 52.1 Å². The minimum absolute atomic E-state index is 0.0180. The van der Waals surface area contributed by atoms with Crippen LogP contribution in [0.2, 0.25) is 0 Å². The van der Waals surface area contributed by atoms with Crippen molar-refractivity contribution in [3.8, 4) is 0 Å². The van der Waals surface area contributed by atoms with Gasteiger partial charge in [-0.25, -0.2) is 8.42 Å². The summed E-state index contributed by atoms with van der Waals surface area (Å²) < 4.78 is 28.6. The smallest absolute Gasteiger partial charge is 0.243 e. The van der Waals surface area contributed by atoms with Gasteiger partial charge in [-0.3, -0.25) is 0 Å². The van der Waals surface area contributed by atoms with Crippen LogP contribution in [-0.2, 0) is 22.0 Å². The Bertz CT molecular complexity index is 861. The molecule has 0 amide bonds. The van der Waals surface area contributed by atoms with E-state index < -0.39 is 10.0 Å². The summed E-state index contributed by atoms with van der Waals surface area (Å²) in [7, 11) is -1.21. The van der Waals surface area contributed by atoms with Crippen LogP contribution in [0.15, 0.2) is 59.5 Å². The molecule has 27 heavy (non-hydrogen) atoms. The van der Waals surface area contributed by atoms with Gasteiger partial charge in [0.05, 0.1) is 38.1 Å². The lowest BCUT2D eigenvalue weighted by atomic mass is 9.87. The third-order valence-electron chi connectivity index (χ3n) is 5.54. The molecule has 0 unspecified atom stereocenters. The minimum atomic E-state index is -3.42. The van der Waals surface area contributed by atoms with E-state index in [0.717, 1.165) is 29.7 Å². The summed E-state index contributed by atoms with van der Waals surface area (Å²) in [5, 5.41) is 0. The van der Waals surface area contributed by atoms with Crippen molar-refractivity contribution in [3.63, 3.8) is 0 Å². The Kier molecular flexibility index (Phi) is 5.48. The molecule has 2 aromatic carbocycles. The Morgan fingerprint density at radius 2 is 1.48 bits per heavy atom. The SMILES string of the molecule is CC(C)(C)c1ccc(S(=O)(=O)N2CC[N+](C)(Cc3ccccc3)CC2)cc1. The first-order valence-corrected chi connectivity index (χ1v) is 11.0. The molecule has 1 fully saturated rings. The Morgan fingerprint density at radius 1 is 0.926 bits per heavy atom. The molecule has 0 aromatic heterocycles. The van der Waals surface area contributed by atoms with E-state index in [1.165, 1.54) is 5.56 Å². The first-order chi connectivity index (χ1) is 12.6. The Morgan fingerprint density at radius 3 is 2.00 bits per heavy atom. The van der Waals surface area contributed by atoms with Crippen LogP contribution in [0.5, 0.6) is 0 Å². The average molecular weight is 388 g/mol. The lowest BCUT2D eigenvalue weighted by Gasteiger charge is -2.41. The van der Waals surface area contributed by atoms with E-state index in [0.29, 0.717) is 18.0 Å². The van der Waals surface area contributed by atoms with Crippen LogP contribution in [0, 0.1) is 0 Å². The number of rotatable bonds is 4. The lowest BCUT2D eigenvalue weighted by Crippen LogP contribution is -2.57. The molecule has 5 heteroatoms. The zero-order chi connectivity index (χ0) is 19.7. The summed E-state index contributed by atoms with van der Waals surface area (Å²) in [6, 6.07) is 17.8. The number of piperazine rings is 1. The molecule has 0 saturated carbocycles. The summed E-state index contributed by atoms with van der Waals surface area (Å²) in [6.07, 6.45) is 0. The van der Waals surface area contributed by atoms with Crippen LogP contribution in [0.4, 0.5) is 0 Å². The first kappa shape index (κ1) is 20.1. The van der Waals surface area contributed by atoms with Gasteiger partial charge < -0.3 is 4.48 Å². The molecule has 0 atom stereocenters. The highest BCUT2D eigenvalue weighted by atomic mass is 32.2. The van der Waals surface area contributed by atoms with Gasteiger partial charge in [0.25, 0.3) is 0 Å². The molecule has 0 aliphatic carbocycles. The molecule has 1 saturated heterocycles. The maximum absolute atomic E-state index is 13.0. The van der Waals surface area contributed by atoms with Crippen LogP contribution < -0.4 is 0 Å². The molecule has 1 aliphatic heterocycles. The molecule has 0 bridgehead atoms. The lowest BCUT2D eigenvalue weighted by molar-refractivity contribution is -0.925. The molecule has 3 rings (SSSR count). The quantitative estimate of drug-likeness (QED) is 0.751. The van der Waals surface area contributed by atoms with E-state index in [-0.39, 0.29) is 5.41 Å². The third-order valence-corrected chi connectivity index (χ3v) is 7.46. The number of quaternary nitrogens is 1. The minimum Gasteiger partial charge on any atom is -0.320 e. The van der Waals surface area contributed by atoms with E-state index in [4.69, 9.17) is 0 Å². The Balaban J connectivity index is 1.69. The number of nitrogens with zero attached hydrogens (tertiary/aromatic N) is 2.